The molecule has 3 rings (SSSR count). The number of piperazine rings is 1. The summed E-state index contributed by atoms with van der Waals surface area (Å²) in [5.41, 5.74) is 2.57. The summed E-state index contributed by atoms with van der Waals surface area (Å²) < 4.78 is 10.6. The van der Waals surface area contributed by atoms with Gasteiger partial charge in [0.2, 0.25) is 0 Å². The molecule has 7 nitrogen and oxygen atoms in total. The molecular weight excluding hydrogens is 356 g/mol. The van der Waals surface area contributed by atoms with Crippen molar-refractivity contribution in [3.63, 3.8) is 0 Å². The molecule has 150 valence electrons. The van der Waals surface area contributed by atoms with Crippen LogP contribution in [0.15, 0.2) is 36.5 Å². The summed E-state index contributed by atoms with van der Waals surface area (Å²) in [5.74, 6) is 1.22. The van der Waals surface area contributed by atoms with E-state index in [0.29, 0.717) is 30.2 Å². The quantitative estimate of drug-likeness (QED) is 0.786. The summed E-state index contributed by atoms with van der Waals surface area (Å²) in [6.07, 6.45) is 2.49. The first-order valence-electron chi connectivity index (χ1n) is 9.49. The number of anilines is 1. The second-order valence-corrected chi connectivity index (χ2v) is 6.89. The van der Waals surface area contributed by atoms with Gasteiger partial charge in [-0.15, -0.1) is 0 Å². The number of hydrogen-bond donors (Lipinski definition) is 1. The monoisotopic (exact) mass is 384 g/mol. The maximum atomic E-state index is 12.4. The number of rotatable bonds is 7. The largest absolute Gasteiger partial charge is 0.493 e. The number of nitrogens with one attached hydrogen (secondary N) is 1. The van der Waals surface area contributed by atoms with Gasteiger partial charge in [0.1, 0.15) is 5.69 Å². The molecule has 1 aromatic carbocycles. The SMILES string of the molecule is COc1ccc(CCNC(=O)c2ccc(N3CCN(C)CC3)cn2)cc1OC. The highest BCUT2D eigenvalue weighted by Gasteiger charge is 2.15. The normalized spacial score (nSPS) is 14.6. The summed E-state index contributed by atoms with van der Waals surface area (Å²) >= 11 is 0. The zero-order chi connectivity index (χ0) is 19.9. The number of benzene rings is 1. The van der Waals surface area contributed by atoms with Crippen molar-refractivity contribution in [3.05, 3.63) is 47.8 Å². The molecule has 1 aliphatic rings. The molecule has 1 N–H and O–H groups in total. The Morgan fingerprint density at radius 1 is 1.07 bits per heavy atom. The van der Waals surface area contributed by atoms with E-state index in [1.165, 1.54) is 0 Å². The average Bonchev–Trinajstić information content (AvgIpc) is 2.74. The molecule has 0 aliphatic carbocycles. The minimum atomic E-state index is -0.162. The van der Waals surface area contributed by atoms with Crippen molar-refractivity contribution in [3.8, 4) is 11.5 Å². The van der Waals surface area contributed by atoms with Gasteiger partial charge in [0.15, 0.2) is 11.5 Å². The van der Waals surface area contributed by atoms with Crippen molar-refractivity contribution in [2.24, 2.45) is 0 Å². The van der Waals surface area contributed by atoms with E-state index in [1.54, 1.807) is 26.5 Å². The zero-order valence-electron chi connectivity index (χ0n) is 16.8. The zero-order valence-corrected chi connectivity index (χ0v) is 16.8. The van der Waals surface area contributed by atoms with E-state index < -0.39 is 0 Å². The van der Waals surface area contributed by atoms with Crippen LogP contribution in [-0.2, 0) is 6.42 Å². The van der Waals surface area contributed by atoms with Crippen molar-refractivity contribution in [1.82, 2.24) is 15.2 Å². The van der Waals surface area contributed by atoms with Crippen LogP contribution in [0, 0.1) is 0 Å². The summed E-state index contributed by atoms with van der Waals surface area (Å²) in [5, 5.41) is 2.92. The smallest absolute Gasteiger partial charge is 0.269 e. The summed E-state index contributed by atoms with van der Waals surface area (Å²) in [6.45, 7) is 4.57. The van der Waals surface area contributed by atoms with Crippen LogP contribution in [0.4, 0.5) is 5.69 Å². The summed E-state index contributed by atoms with van der Waals surface area (Å²) in [7, 11) is 5.35. The number of carbonyl (C=O) groups excluding carboxylic acids is 1. The molecule has 28 heavy (non-hydrogen) atoms. The van der Waals surface area contributed by atoms with E-state index in [2.05, 4.69) is 27.1 Å². The van der Waals surface area contributed by atoms with Gasteiger partial charge in [-0.2, -0.15) is 0 Å². The van der Waals surface area contributed by atoms with E-state index >= 15 is 0 Å². The lowest BCUT2D eigenvalue weighted by Crippen LogP contribution is -2.44. The van der Waals surface area contributed by atoms with Crippen molar-refractivity contribution >= 4 is 11.6 Å². The molecule has 1 aliphatic heterocycles. The van der Waals surface area contributed by atoms with Gasteiger partial charge in [0.05, 0.1) is 26.1 Å². The van der Waals surface area contributed by atoms with Crippen molar-refractivity contribution in [2.45, 2.75) is 6.42 Å². The Kier molecular flexibility index (Phi) is 6.71. The molecule has 0 radical (unpaired) electrons. The van der Waals surface area contributed by atoms with Crippen LogP contribution in [0.1, 0.15) is 16.1 Å². The summed E-state index contributed by atoms with van der Waals surface area (Å²) in [6, 6.07) is 9.53. The van der Waals surface area contributed by atoms with E-state index in [-0.39, 0.29) is 5.91 Å². The number of likely N-dealkylation sites (N-methyl/N-ethyl adjacent to an activating group) is 1. The number of pyridine rings is 1. The second-order valence-electron chi connectivity index (χ2n) is 6.89. The predicted octanol–water partition coefficient (Wildman–Crippen LogP) is 1.82. The van der Waals surface area contributed by atoms with E-state index in [1.807, 2.05) is 24.3 Å². The van der Waals surface area contributed by atoms with Gasteiger partial charge >= 0.3 is 0 Å². The Labute approximate surface area is 166 Å². The predicted molar refractivity (Wildman–Crippen MR) is 110 cm³/mol. The number of ether oxygens (including phenoxy) is 2. The molecule has 0 spiro atoms. The average molecular weight is 384 g/mol. The minimum absolute atomic E-state index is 0.162. The Balaban J connectivity index is 1.51. The molecule has 7 heteroatoms. The number of amides is 1. The Bertz CT molecular complexity index is 787. The maximum Gasteiger partial charge on any atom is 0.269 e. The van der Waals surface area contributed by atoms with E-state index in [0.717, 1.165) is 37.4 Å². The lowest BCUT2D eigenvalue weighted by Gasteiger charge is -2.33. The fourth-order valence-corrected chi connectivity index (χ4v) is 3.22. The van der Waals surface area contributed by atoms with E-state index in [9.17, 15) is 4.79 Å². The van der Waals surface area contributed by atoms with Crippen LogP contribution in [0.5, 0.6) is 11.5 Å². The number of nitrogens with zero attached hydrogens (tertiary/aromatic N) is 3. The summed E-state index contributed by atoms with van der Waals surface area (Å²) in [4.78, 5) is 21.3. The van der Waals surface area contributed by atoms with Crippen molar-refractivity contribution < 1.29 is 14.3 Å². The first kappa shape index (κ1) is 19.9. The lowest BCUT2D eigenvalue weighted by molar-refractivity contribution is 0.0949. The molecule has 0 atom stereocenters. The minimum Gasteiger partial charge on any atom is -0.493 e. The molecule has 1 fully saturated rings. The molecule has 1 saturated heterocycles. The maximum absolute atomic E-state index is 12.4. The highest BCUT2D eigenvalue weighted by Crippen LogP contribution is 2.27. The van der Waals surface area contributed by atoms with Gasteiger partial charge in [-0.05, 0) is 43.3 Å². The van der Waals surface area contributed by atoms with E-state index in [4.69, 9.17) is 9.47 Å². The van der Waals surface area contributed by atoms with Crippen LogP contribution in [0.3, 0.4) is 0 Å². The molecular formula is C21H28N4O3. The van der Waals surface area contributed by atoms with Gasteiger partial charge in [-0.1, -0.05) is 6.07 Å². The molecule has 0 saturated carbocycles. The Morgan fingerprint density at radius 2 is 1.82 bits per heavy atom. The van der Waals surface area contributed by atoms with Crippen LogP contribution >= 0.6 is 0 Å². The number of aromatic nitrogens is 1. The molecule has 2 aromatic rings. The van der Waals surface area contributed by atoms with Crippen molar-refractivity contribution in [1.29, 1.82) is 0 Å². The lowest BCUT2D eigenvalue weighted by atomic mass is 10.1. The fourth-order valence-electron chi connectivity index (χ4n) is 3.22. The highest BCUT2D eigenvalue weighted by molar-refractivity contribution is 5.92. The van der Waals surface area contributed by atoms with Crippen LogP contribution in [-0.4, -0.2) is 69.8 Å². The Hall–Kier alpha value is -2.80. The standard InChI is InChI=1S/C21H28N4O3/c1-24-10-12-25(13-11-24)17-5-6-18(23-15-17)21(26)22-9-8-16-4-7-19(27-2)20(14-16)28-3/h4-7,14-15H,8-13H2,1-3H3,(H,22,26). The van der Waals surface area contributed by atoms with Gasteiger partial charge in [0.25, 0.3) is 5.91 Å². The third-order valence-electron chi connectivity index (χ3n) is 5.00. The first-order valence-corrected chi connectivity index (χ1v) is 9.49. The highest BCUT2D eigenvalue weighted by atomic mass is 16.5. The van der Waals surface area contributed by atoms with Gasteiger partial charge in [-0.3, -0.25) is 4.79 Å². The first-order chi connectivity index (χ1) is 13.6. The molecule has 0 bridgehead atoms. The third-order valence-corrected chi connectivity index (χ3v) is 5.00. The molecule has 0 unspecified atom stereocenters. The van der Waals surface area contributed by atoms with Crippen LogP contribution in [0.2, 0.25) is 0 Å². The van der Waals surface area contributed by atoms with Gasteiger partial charge < -0.3 is 24.6 Å². The molecule has 1 amide bonds. The molecule has 2 heterocycles. The van der Waals surface area contributed by atoms with Crippen LogP contribution in [0.25, 0.3) is 0 Å². The van der Waals surface area contributed by atoms with Crippen LogP contribution < -0.4 is 19.7 Å². The number of hydrogen-bond acceptors (Lipinski definition) is 6. The number of carbonyl (C=O) groups is 1. The second kappa shape index (κ2) is 9.41. The number of methoxy groups -OCH3 is 2. The fraction of sp³-hybridized carbons (Fsp3) is 0.429. The van der Waals surface area contributed by atoms with Crippen molar-refractivity contribution in [2.75, 3.05) is 58.9 Å². The molecule has 1 aromatic heterocycles. The Morgan fingerprint density at radius 3 is 2.46 bits per heavy atom. The van der Waals surface area contributed by atoms with Gasteiger partial charge in [0, 0.05) is 32.7 Å². The third kappa shape index (κ3) is 4.92. The van der Waals surface area contributed by atoms with Gasteiger partial charge in [-0.25, -0.2) is 4.98 Å². The topological polar surface area (TPSA) is 66.9 Å².